The maximum absolute atomic E-state index is 12.5. The second kappa shape index (κ2) is 5.15. The number of carbonyl (C=O) groups is 1. The largest absolute Gasteiger partial charge is 0.350 e. The minimum Gasteiger partial charge on any atom is -0.350 e. The molecule has 17 heavy (non-hydrogen) atoms. The predicted octanol–water partition coefficient (Wildman–Crippen LogP) is 0.242. The van der Waals surface area contributed by atoms with Crippen molar-refractivity contribution < 1.29 is 9.18 Å². The molecule has 0 saturated heterocycles. The Morgan fingerprint density at radius 3 is 3.00 bits per heavy atom. The first-order valence-electron chi connectivity index (χ1n) is 4.99. The number of nitrogens with zero attached hydrogens (tertiary/aromatic N) is 4. The molecule has 1 amide bonds. The Morgan fingerprint density at radius 2 is 2.35 bits per heavy atom. The summed E-state index contributed by atoms with van der Waals surface area (Å²) in [5, 5.41) is 10.1. The SMILES string of the molecule is O=C(NCCn1ccnn1)c1ccc(F)nc1. The third-order valence-electron chi connectivity index (χ3n) is 2.09. The molecule has 7 heteroatoms. The molecule has 0 bridgehead atoms. The van der Waals surface area contributed by atoms with Crippen molar-refractivity contribution in [2.45, 2.75) is 6.54 Å². The monoisotopic (exact) mass is 235 g/mol. The summed E-state index contributed by atoms with van der Waals surface area (Å²) >= 11 is 0. The summed E-state index contributed by atoms with van der Waals surface area (Å²) in [7, 11) is 0. The van der Waals surface area contributed by atoms with Crippen LogP contribution in [-0.2, 0) is 6.54 Å². The number of aromatic nitrogens is 4. The van der Waals surface area contributed by atoms with Crippen molar-refractivity contribution >= 4 is 5.91 Å². The first-order chi connectivity index (χ1) is 8.25. The van der Waals surface area contributed by atoms with Crippen molar-refractivity contribution in [2.75, 3.05) is 6.54 Å². The van der Waals surface area contributed by atoms with E-state index in [1.54, 1.807) is 17.1 Å². The molecule has 0 aliphatic carbocycles. The number of amides is 1. The van der Waals surface area contributed by atoms with Crippen LogP contribution in [-0.4, -0.2) is 32.4 Å². The lowest BCUT2D eigenvalue weighted by atomic mass is 10.3. The maximum Gasteiger partial charge on any atom is 0.252 e. The maximum atomic E-state index is 12.5. The summed E-state index contributed by atoms with van der Waals surface area (Å²) in [5.74, 6) is -0.901. The van der Waals surface area contributed by atoms with Crippen LogP contribution in [0.3, 0.4) is 0 Å². The van der Waals surface area contributed by atoms with Crippen LogP contribution in [0.1, 0.15) is 10.4 Å². The summed E-state index contributed by atoms with van der Waals surface area (Å²) in [6.07, 6.45) is 4.46. The number of hydrogen-bond donors (Lipinski definition) is 1. The Hall–Kier alpha value is -2.31. The van der Waals surface area contributed by atoms with Crippen LogP contribution >= 0.6 is 0 Å². The summed E-state index contributed by atoms with van der Waals surface area (Å²) in [6, 6.07) is 2.53. The number of nitrogens with one attached hydrogen (secondary N) is 1. The van der Waals surface area contributed by atoms with Gasteiger partial charge in [-0.1, -0.05) is 5.21 Å². The molecule has 6 nitrogen and oxygen atoms in total. The van der Waals surface area contributed by atoms with Crippen LogP contribution in [0, 0.1) is 5.95 Å². The number of hydrogen-bond acceptors (Lipinski definition) is 4. The minimum absolute atomic E-state index is 0.294. The molecule has 0 fully saturated rings. The summed E-state index contributed by atoms with van der Waals surface area (Å²) in [5.41, 5.74) is 0.324. The summed E-state index contributed by atoms with van der Waals surface area (Å²) in [4.78, 5) is 15.0. The number of rotatable bonds is 4. The van der Waals surface area contributed by atoms with Gasteiger partial charge in [-0.3, -0.25) is 9.48 Å². The number of carbonyl (C=O) groups excluding carboxylic acids is 1. The first-order valence-corrected chi connectivity index (χ1v) is 4.99. The van der Waals surface area contributed by atoms with E-state index < -0.39 is 5.95 Å². The molecule has 2 rings (SSSR count). The fraction of sp³-hybridized carbons (Fsp3) is 0.200. The van der Waals surface area contributed by atoms with E-state index >= 15 is 0 Å². The van der Waals surface area contributed by atoms with Crippen LogP contribution < -0.4 is 5.32 Å². The fourth-order valence-corrected chi connectivity index (χ4v) is 1.25. The normalized spacial score (nSPS) is 10.2. The molecule has 1 N–H and O–H groups in total. The second-order valence-electron chi connectivity index (χ2n) is 3.29. The van der Waals surface area contributed by atoms with Gasteiger partial charge in [0.2, 0.25) is 5.95 Å². The van der Waals surface area contributed by atoms with E-state index in [4.69, 9.17) is 0 Å². The topological polar surface area (TPSA) is 72.7 Å². The Morgan fingerprint density at radius 1 is 1.47 bits per heavy atom. The van der Waals surface area contributed by atoms with Gasteiger partial charge >= 0.3 is 0 Å². The zero-order valence-corrected chi connectivity index (χ0v) is 8.88. The number of pyridine rings is 1. The zero-order valence-electron chi connectivity index (χ0n) is 8.88. The van der Waals surface area contributed by atoms with E-state index in [9.17, 15) is 9.18 Å². The lowest BCUT2D eigenvalue weighted by Gasteiger charge is -2.04. The van der Waals surface area contributed by atoms with E-state index in [0.29, 0.717) is 18.7 Å². The molecule has 2 heterocycles. The molecule has 88 valence electrons. The van der Waals surface area contributed by atoms with Gasteiger partial charge in [0.05, 0.1) is 18.3 Å². The van der Waals surface area contributed by atoms with Crippen LogP contribution in [0.15, 0.2) is 30.7 Å². The van der Waals surface area contributed by atoms with E-state index in [2.05, 4.69) is 20.6 Å². The zero-order chi connectivity index (χ0) is 12.1. The van der Waals surface area contributed by atoms with Crippen molar-refractivity contribution in [3.63, 3.8) is 0 Å². The van der Waals surface area contributed by atoms with Gasteiger partial charge in [-0.15, -0.1) is 5.10 Å². The smallest absolute Gasteiger partial charge is 0.252 e. The molecule has 0 unspecified atom stereocenters. The third-order valence-corrected chi connectivity index (χ3v) is 2.09. The van der Waals surface area contributed by atoms with Crippen LogP contribution in [0.5, 0.6) is 0 Å². The molecule has 0 atom stereocenters. The molecule has 0 aliphatic rings. The fourth-order valence-electron chi connectivity index (χ4n) is 1.25. The molecule has 0 saturated carbocycles. The van der Waals surface area contributed by atoms with Crippen LogP contribution in [0.2, 0.25) is 0 Å². The van der Waals surface area contributed by atoms with Gasteiger partial charge in [-0.05, 0) is 12.1 Å². The van der Waals surface area contributed by atoms with Gasteiger partial charge in [-0.2, -0.15) is 4.39 Å². The van der Waals surface area contributed by atoms with E-state index in [1.807, 2.05) is 0 Å². The summed E-state index contributed by atoms with van der Waals surface area (Å²) < 4.78 is 14.1. The van der Waals surface area contributed by atoms with Gasteiger partial charge in [0, 0.05) is 18.9 Å². The highest BCUT2D eigenvalue weighted by molar-refractivity contribution is 5.93. The van der Waals surface area contributed by atoms with Crippen LogP contribution in [0.4, 0.5) is 4.39 Å². The average molecular weight is 235 g/mol. The number of halogens is 1. The lowest BCUT2D eigenvalue weighted by Crippen LogP contribution is -2.27. The van der Waals surface area contributed by atoms with E-state index in [0.717, 1.165) is 6.07 Å². The van der Waals surface area contributed by atoms with Crippen molar-refractivity contribution in [1.82, 2.24) is 25.3 Å². The minimum atomic E-state index is -0.607. The van der Waals surface area contributed by atoms with E-state index in [-0.39, 0.29) is 5.91 Å². The Kier molecular flexibility index (Phi) is 3.39. The Bertz CT molecular complexity index is 482. The highest BCUT2D eigenvalue weighted by Crippen LogP contribution is 1.98. The highest BCUT2D eigenvalue weighted by atomic mass is 19.1. The quantitative estimate of drug-likeness (QED) is 0.770. The van der Waals surface area contributed by atoms with Crippen molar-refractivity contribution in [2.24, 2.45) is 0 Å². The lowest BCUT2D eigenvalue weighted by molar-refractivity contribution is 0.0951. The van der Waals surface area contributed by atoms with E-state index in [1.165, 1.54) is 12.3 Å². The van der Waals surface area contributed by atoms with Crippen molar-refractivity contribution in [1.29, 1.82) is 0 Å². The second-order valence-corrected chi connectivity index (χ2v) is 3.29. The molecular formula is C10H10FN5O. The third kappa shape index (κ3) is 3.07. The molecule has 0 aliphatic heterocycles. The first kappa shape index (κ1) is 11.2. The predicted molar refractivity (Wildman–Crippen MR) is 56.6 cm³/mol. The Balaban J connectivity index is 1.83. The van der Waals surface area contributed by atoms with Gasteiger partial charge in [0.15, 0.2) is 0 Å². The van der Waals surface area contributed by atoms with Crippen molar-refractivity contribution in [3.8, 4) is 0 Å². The molecular weight excluding hydrogens is 225 g/mol. The molecule has 0 aromatic carbocycles. The van der Waals surface area contributed by atoms with Gasteiger partial charge in [0.25, 0.3) is 5.91 Å². The molecule has 0 spiro atoms. The van der Waals surface area contributed by atoms with Crippen LogP contribution in [0.25, 0.3) is 0 Å². The van der Waals surface area contributed by atoms with Gasteiger partial charge in [-0.25, -0.2) is 4.98 Å². The molecule has 2 aromatic heterocycles. The standard InChI is InChI=1S/C10H10FN5O/c11-9-2-1-8(7-13-9)10(17)12-3-5-16-6-4-14-15-16/h1-2,4,6-7H,3,5H2,(H,12,17). The molecule has 0 radical (unpaired) electrons. The Labute approximate surface area is 96.5 Å². The molecule has 2 aromatic rings. The average Bonchev–Trinajstić information content (AvgIpc) is 2.83. The van der Waals surface area contributed by atoms with Gasteiger partial charge < -0.3 is 5.32 Å². The summed E-state index contributed by atoms with van der Waals surface area (Å²) in [6.45, 7) is 0.944. The van der Waals surface area contributed by atoms with Gasteiger partial charge in [0.1, 0.15) is 0 Å². The highest BCUT2D eigenvalue weighted by Gasteiger charge is 2.05. The van der Waals surface area contributed by atoms with Crippen molar-refractivity contribution in [3.05, 3.63) is 42.2 Å².